The van der Waals surface area contributed by atoms with Gasteiger partial charge in [0.1, 0.15) is 5.69 Å². The van der Waals surface area contributed by atoms with Gasteiger partial charge in [-0.25, -0.2) is 0 Å². The smallest absolute Gasteiger partial charge is 0.116 e. The van der Waals surface area contributed by atoms with Gasteiger partial charge < -0.3 is 15.6 Å². The molecule has 0 amide bonds. The van der Waals surface area contributed by atoms with Crippen LogP contribution in [0, 0.1) is 5.92 Å². The summed E-state index contributed by atoms with van der Waals surface area (Å²) in [6.45, 7) is 12.8. The van der Waals surface area contributed by atoms with E-state index in [0.717, 1.165) is 85.5 Å². The topological polar surface area (TPSA) is 94.3 Å². The summed E-state index contributed by atoms with van der Waals surface area (Å²) in [5.74, 6) is 0.672. The number of hydrogen-bond donors (Lipinski definition) is 4. The molecule has 0 unspecified atom stereocenters. The van der Waals surface area contributed by atoms with Gasteiger partial charge in [-0.2, -0.15) is 5.10 Å². The first-order valence-corrected chi connectivity index (χ1v) is 14.5. The molecule has 0 saturated carbocycles. The number of pyridine rings is 2. The molecule has 0 aromatic carbocycles. The van der Waals surface area contributed by atoms with Crippen molar-refractivity contribution in [1.82, 2.24) is 30.5 Å². The lowest BCUT2D eigenvalue weighted by Gasteiger charge is -2.23. The van der Waals surface area contributed by atoms with Gasteiger partial charge in [-0.3, -0.25) is 15.1 Å². The second kappa shape index (κ2) is 11.5. The largest absolute Gasteiger partial charge is 0.358 e. The van der Waals surface area contributed by atoms with Crippen molar-refractivity contribution in [2.24, 2.45) is 5.92 Å². The van der Waals surface area contributed by atoms with Crippen molar-refractivity contribution in [1.29, 1.82) is 0 Å². The zero-order valence-corrected chi connectivity index (χ0v) is 23.4. The van der Waals surface area contributed by atoms with Crippen molar-refractivity contribution in [2.75, 3.05) is 18.4 Å². The number of aromatic nitrogens is 5. The van der Waals surface area contributed by atoms with Crippen molar-refractivity contribution < 1.29 is 0 Å². The molecule has 8 heteroatoms. The molecule has 1 saturated heterocycles. The van der Waals surface area contributed by atoms with Crippen LogP contribution in [0.4, 0.5) is 5.69 Å². The number of thiophene rings is 1. The Kier molecular flexibility index (Phi) is 7.44. The molecule has 40 heavy (non-hydrogen) atoms. The molecule has 202 valence electrons. The minimum atomic E-state index is 0.672. The lowest BCUT2D eigenvalue weighted by atomic mass is 9.93. The highest BCUT2D eigenvalue weighted by atomic mass is 32.1. The average Bonchev–Trinajstić information content (AvgIpc) is 3.73. The normalized spacial score (nSPS) is 15.1. The van der Waals surface area contributed by atoms with Crippen molar-refractivity contribution in [3.8, 4) is 22.0 Å². The highest BCUT2D eigenvalue weighted by Crippen LogP contribution is 2.32. The molecule has 1 fully saturated rings. The Bertz CT molecular complexity index is 1790. The standard InChI is InChI=1S/C32H33N7S/c1-4-27-25(14-20(2)23-16-24(19-34-18-23)36-21(3)15-22-7-10-33-11-8-22)31(39-38-27)29-17-26-28(37-29)9-12-35-32(26)30-6-5-13-40-30/h4-6,9,12-14,16-19,22,33,36-38H,2-3,7-8,10-11,15H2,1H3/b25-14+,27-4+. The molecule has 1 aliphatic rings. The predicted octanol–water partition coefficient (Wildman–Crippen LogP) is 5.69. The molecule has 4 N–H and O–H groups in total. The zero-order chi connectivity index (χ0) is 27.5. The Labute approximate surface area is 237 Å². The monoisotopic (exact) mass is 547 g/mol. The number of piperidine rings is 1. The van der Waals surface area contributed by atoms with Gasteiger partial charge in [-0.05, 0) is 86.5 Å². The highest BCUT2D eigenvalue weighted by Gasteiger charge is 2.15. The van der Waals surface area contributed by atoms with E-state index >= 15 is 0 Å². The number of nitrogens with one attached hydrogen (secondary N) is 4. The second-order valence-corrected chi connectivity index (χ2v) is 11.2. The number of allylic oxidation sites excluding steroid dienone is 2. The van der Waals surface area contributed by atoms with Crippen LogP contribution in [0.15, 0.2) is 73.2 Å². The number of fused-ring (bicyclic) bond motifs is 1. The van der Waals surface area contributed by atoms with E-state index in [1.807, 2.05) is 43.7 Å². The van der Waals surface area contributed by atoms with Gasteiger partial charge in [-0.1, -0.05) is 25.3 Å². The summed E-state index contributed by atoms with van der Waals surface area (Å²) in [4.78, 5) is 13.8. The molecule has 0 bridgehead atoms. The number of aromatic amines is 2. The summed E-state index contributed by atoms with van der Waals surface area (Å²) < 4.78 is 0. The molecule has 7 nitrogen and oxygen atoms in total. The fraction of sp³-hybridized carbons (Fsp3) is 0.219. The maximum absolute atomic E-state index is 4.68. The average molecular weight is 548 g/mol. The van der Waals surface area contributed by atoms with Gasteiger partial charge in [0.05, 0.1) is 33.5 Å². The summed E-state index contributed by atoms with van der Waals surface area (Å²) in [5.41, 5.74) is 7.49. The number of hydrogen-bond acceptors (Lipinski definition) is 6. The van der Waals surface area contributed by atoms with Crippen LogP contribution in [-0.4, -0.2) is 38.2 Å². The summed E-state index contributed by atoms with van der Waals surface area (Å²) in [6.07, 6.45) is 13.0. The van der Waals surface area contributed by atoms with Gasteiger partial charge in [-0.15, -0.1) is 11.3 Å². The first-order chi connectivity index (χ1) is 19.6. The summed E-state index contributed by atoms with van der Waals surface area (Å²) >= 11 is 1.69. The number of anilines is 1. The van der Waals surface area contributed by atoms with Crippen molar-refractivity contribution in [3.05, 3.63) is 89.3 Å². The van der Waals surface area contributed by atoms with E-state index in [4.69, 9.17) is 0 Å². The van der Waals surface area contributed by atoms with Crippen LogP contribution in [-0.2, 0) is 0 Å². The number of nitrogens with zero attached hydrogens (tertiary/aromatic N) is 3. The maximum Gasteiger partial charge on any atom is 0.116 e. The Morgan fingerprint density at radius 3 is 2.83 bits per heavy atom. The van der Waals surface area contributed by atoms with E-state index in [9.17, 15) is 0 Å². The Balaban J connectivity index is 1.30. The molecule has 0 spiro atoms. The van der Waals surface area contributed by atoms with Gasteiger partial charge in [0.15, 0.2) is 0 Å². The van der Waals surface area contributed by atoms with Gasteiger partial charge >= 0.3 is 0 Å². The predicted molar refractivity (Wildman–Crippen MR) is 167 cm³/mol. The Morgan fingerprint density at radius 1 is 1.15 bits per heavy atom. The van der Waals surface area contributed by atoms with E-state index in [2.05, 4.69) is 78.6 Å². The molecule has 0 radical (unpaired) electrons. The van der Waals surface area contributed by atoms with Crippen LogP contribution in [0.1, 0.15) is 31.7 Å². The molecular formula is C32H33N7S. The summed E-state index contributed by atoms with van der Waals surface area (Å²) in [6, 6.07) is 10.4. The van der Waals surface area contributed by atoms with Crippen LogP contribution >= 0.6 is 11.3 Å². The van der Waals surface area contributed by atoms with Gasteiger partial charge in [0.25, 0.3) is 0 Å². The van der Waals surface area contributed by atoms with Gasteiger partial charge in [0, 0.05) is 39.8 Å². The first-order valence-electron chi connectivity index (χ1n) is 13.6. The van der Waals surface area contributed by atoms with E-state index in [1.54, 1.807) is 11.3 Å². The minimum Gasteiger partial charge on any atom is -0.358 e. The van der Waals surface area contributed by atoms with E-state index in [1.165, 1.54) is 12.8 Å². The molecule has 0 aliphatic carbocycles. The molecular weight excluding hydrogens is 514 g/mol. The van der Waals surface area contributed by atoms with E-state index in [-0.39, 0.29) is 0 Å². The molecule has 5 aromatic heterocycles. The van der Waals surface area contributed by atoms with Gasteiger partial charge in [0.2, 0.25) is 0 Å². The third-order valence-corrected chi connectivity index (χ3v) is 8.30. The van der Waals surface area contributed by atoms with Crippen LogP contribution in [0.5, 0.6) is 0 Å². The SMILES string of the molecule is C=C(CC1CCNCC1)Nc1cncc(C(=C)/C=c2/c(-c3cc4c(-c5cccs5)nccc4[nH]3)n[nH]/c2=C/C)c1. The first kappa shape index (κ1) is 26.0. The third-order valence-electron chi connectivity index (χ3n) is 7.42. The Hall–Kier alpha value is -4.27. The minimum absolute atomic E-state index is 0.672. The lowest BCUT2D eigenvalue weighted by molar-refractivity contribution is 0.373. The highest BCUT2D eigenvalue weighted by molar-refractivity contribution is 7.13. The second-order valence-electron chi connectivity index (χ2n) is 10.2. The zero-order valence-electron chi connectivity index (χ0n) is 22.6. The number of rotatable bonds is 8. The van der Waals surface area contributed by atoms with E-state index < -0.39 is 0 Å². The molecule has 5 aromatic rings. The lowest BCUT2D eigenvalue weighted by Crippen LogP contribution is -2.28. The number of H-pyrrole nitrogens is 2. The third kappa shape index (κ3) is 5.41. The van der Waals surface area contributed by atoms with Crippen LogP contribution in [0.25, 0.3) is 50.6 Å². The maximum atomic E-state index is 4.68. The van der Waals surface area contributed by atoms with Crippen LogP contribution < -0.4 is 21.2 Å². The summed E-state index contributed by atoms with van der Waals surface area (Å²) in [7, 11) is 0. The van der Waals surface area contributed by atoms with E-state index in [0.29, 0.717) is 5.92 Å². The quantitative estimate of drug-likeness (QED) is 0.200. The molecule has 1 aliphatic heterocycles. The fourth-order valence-electron chi connectivity index (χ4n) is 5.36. The molecule has 6 rings (SSSR count). The van der Waals surface area contributed by atoms with Crippen LogP contribution in [0.2, 0.25) is 0 Å². The van der Waals surface area contributed by atoms with Crippen molar-refractivity contribution in [3.63, 3.8) is 0 Å². The Morgan fingerprint density at radius 2 is 2.02 bits per heavy atom. The van der Waals surface area contributed by atoms with Crippen molar-refractivity contribution >= 4 is 45.7 Å². The van der Waals surface area contributed by atoms with Crippen LogP contribution in [0.3, 0.4) is 0 Å². The fourth-order valence-corrected chi connectivity index (χ4v) is 6.09. The van der Waals surface area contributed by atoms with Crippen molar-refractivity contribution in [2.45, 2.75) is 26.2 Å². The molecule has 6 heterocycles. The molecule has 0 atom stereocenters. The summed E-state index contributed by atoms with van der Waals surface area (Å²) in [5, 5.41) is 19.8.